The Morgan fingerprint density at radius 1 is 1.18 bits per heavy atom. The van der Waals surface area contributed by atoms with Crippen LogP contribution in [0.5, 0.6) is 5.75 Å². The fourth-order valence-corrected chi connectivity index (χ4v) is 4.50. The zero-order valence-electron chi connectivity index (χ0n) is 18.7. The van der Waals surface area contributed by atoms with Crippen LogP contribution in [0.3, 0.4) is 0 Å². The highest BCUT2D eigenvalue weighted by molar-refractivity contribution is 6.08. The second-order valence-electron chi connectivity index (χ2n) is 8.63. The largest absolute Gasteiger partial charge is 0.490 e. The molecule has 166 valence electrons. The highest BCUT2D eigenvalue weighted by Crippen LogP contribution is 2.41. The van der Waals surface area contributed by atoms with Gasteiger partial charge >= 0.3 is 0 Å². The summed E-state index contributed by atoms with van der Waals surface area (Å²) in [6.45, 7) is 4.94. The van der Waals surface area contributed by atoms with Crippen molar-refractivity contribution in [2.45, 2.75) is 19.8 Å². The third-order valence-corrected chi connectivity index (χ3v) is 6.55. The molecule has 33 heavy (non-hydrogen) atoms. The molecule has 2 aliphatic heterocycles. The maximum Gasteiger partial charge on any atom is 0.204 e. The molecule has 0 spiro atoms. The van der Waals surface area contributed by atoms with Crippen molar-refractivity contribution in [3.05, 3.63) is 42.2 Å². The summed E-state index contributed by atoms with van der Waals surface area (Å²) in [4.78, 5) is 11.5. The Morgan fingerprint density at radius 3 is 2.91 bits per heavy atom. The smallest absolute Gasteiger partial charge is 0.204 e. The van der Waals surface area contributed by atoms with E-state index in [0.717, 1.165) is 58.5 Å². The number of anilines is 2. The zero-order chi connectivity index (χ0) is 22.4. The second kappa shape index (κ2) is 7.71. The van der Waals surface area contributed by atoms with Gasteiger partial charge in [0.2, 0.25) is 5.65 Å². The second-order valence-corrected chi connectivity index (χ2v) is 8.63. The van der Waals surface area contributed by atoms with E-state index < -0.39 is 0 Å². The van der Waals surface area contributed by atoms with E-state index in [2.05, 4.69) is 45.0 Å². The maximum atomic E-state index is 6.24. The normalized spacial score (nSPS) is 17.0. The molecule has 0 bridgehead atoms. The molecule has 2 aliphatic rings. The van der Waals surface area contributed by atoms with Gasteiger partial charge in [0, 0.05) is 36.8 Å². The standard InChI is InChI=1S/C25H24N6O2/c1-3-25(15-32-16-25)10-8-17-6-4-7-20-22(17)33-13-5-12-31(20)24-18-9-11-26-14-19(18)21-23(27-24)28-29-30(21)2/h4,6-7,9,11,14H,3,5,12-13,15-16H2,1-2H3. The first-order valence-electron chi connectivity index (χ1n) is 11.3. The zero-order valence-corrected chi connectivity index (χ0v) is 18.7. The summed E-state index contributed by atoms with van der Waals surface area (Å²) in [6.07, 6.45) is 5.49. The summed E-state index contributed by atoms with van der Waals surface area (Å²) in [7, 11) is 1.87. The Morgan fingerprint density at radius 2 is 2.09 bits per heavy atom. The molecule has 0 radical (unpaired) electrons. The van der Waals surface area contributed by atoms with E-state index in [0.29, 0.717) is 25.5 Å². The number of aryl methyl sites for hydroxylation is 1. The molecule has 1 fully saturated rings. The number of hydrogen-bond donors (Lipinski definition) is 0. The summed E-state index contributed by atoms with van der Waals surface area (Å²) in [6, 6.07) is 8.13. The van der Waals surface area contributed by atoms with Gasteiger partial charge in [-0.1, -0.05) is 30.0 Å². The van der Waals surface area contributed by atoms with E-state index in [1.165, 1.54) is 0 Å². The molecule has 0 amide bonds. The van der Waals surface area contributed by atoms with E-state index >= 15 is 0 Å². The van der Waals surface area contributed by atoms with Gasteiger partial charge in [-0.05, 0) is 31.0 Å². The van der Waals surface area contributed by atoms with Gasteiger partial charge in [-0.3, -0.25) is 4.98 Å². The van der Waals surface area contributed by atoms with E-state index in [9.17, 15) is 0 Å². The molecule has 0 N–H and O–H groups in total. The van der Waals surface area contributed by atoms with Crippen LogP contribution >= 0.6 is 0 Å². The number of ether oxygens (including phenoxy) is 2. The SMILES string of the molecule is CCC1(C#Cc2cccc3c2OCCCN3c2nc3nnn(C)c3c3cnccc23)COC1. The van der Waals surface area contributed by atoms with E-state index in [-0.39, 0.29) is 5.41 Å². The molecule has 4 aromatic rings. The molecule has 6 rings (SSSR count). The Bertz CT molecular complexity index is 1420. The molecule has 3 aromatic heterocycles. The third kappa shape index (κ3) is 3.19. The first-order valence-corrected chi connectivity index (χ1v) is 11.3. The molecule has 0 atom stereocenters. The van der Waals surface area contributed by atoms with Crippen molar-refractivity contribution in [3.8, 4) is 17.6 Å². The van der Waals surface area contributed by atoms with E-state index in [1.54, 1.807) is 10.9 Å². The number of hydrogen-bond acceptors (Lipinski definition) is 7. The predicted molar refractivity (Wildman–Crippen MR) is 126 cm³/mol. The Labute approximate surface area is 191 Å². The van der Waals surface area contributed by atoms with E-state index in [4.69, 9.17) is 14.5 Å². The van der Waals surface area contributed by atoms with Crippen molar-refractivity contribution in [1.29, 1.82) is 0 Å². The molecule has 0 unspecified atom stereocenters. The lowest BCUT2D eigenvalue weighted by Crippen LogP contribution is -2.40. The van der Waals surface area contributed by atoms with Gasteiger partial charge < -0.3 is 14.4 Å². The first kappa shape index (κ1) is 19.9. The minimum Gasteiger partial charge on any atom is -0.490 e. The molecule has 8 heteroatoms. The first-order chi connectivity index (χ1) is 16.2. The Hall–Kier alpha value is -3.70. The number of nitrogens with zero attached hydrogens (tertiary/aromatic N) is 6. The van der Waals surface area contributed by atoms with Crippen LogP contribution < -0.4 is 9.64 Å². The van der Waals surface area contributed by atoms with Gasteiger partial charge in [0.1, 0.15) is 11.3 Å². The van der Waals surface area contributed by atoms with Crippen molar-refractivity contribution >= 4 is 33.4 Å². The lowest BCUT2D eigenvalue weighted by atomic mass is 9.84. The summed E-state index contributed by atoms with van der Waals surface area (Å²) in [5, 5.41) is 10.4. The Balaban J connectivity index is 1.52. The average molecular weight is 441 g/mol. The van der Waals surface area contributed by atoms with Crippen molar-refractivity contribution in [2.24, 2.45) is 12.5 Å². The van der Waals surface area contributed by atoms with Crippen LogP contribution in [0.2, 0.25) is 0 Å². The van der Waals surface area contributed by atoms with E-state index in [1.807, 2.05) is 31.4 Å². The topological polar surface area (TPSA) is 78.2 Å². The number of benzene rings is 1. The summed E-state index contributed by atoms with van der Waals surface area (Å²) >= 11 is 0. The minimum atomic E-state index is -0.0467. The van der Waals surface area contributed by atoms with Gasteiger partial charge in [-0.25, -0.2) is 9.67 Å². The van der Waals surface area contributed by atoms with Crippen LogP contribution in [-0.4, -0.2) is 51.3 Å². The highest BCUT2D eigenvalue weighted by Gasteiger charge is 2.35. The summed E-state index contributed by atoms with van der Waals surface area (Å²) in [5.41, 5.74) is 3.29. The van der Waals surface area contributed by atoms with Crippen LogP contribution in [-0.2, 0) is 11.8 Å². The van der Waals surface area contributed by atoms with Crippen LogP contribution in [0.25, 0.3) is 21.9 Å². The minimum absolute atomic E-state index is 0.0467. The van der Waals surface area contributed by atoms with Gasteiger partial charge in [0.25, 0.3) is 0 Å². The van der Waals surface area contributed by atoms with Crippen molar-refractivity contribution in [2.75, 3.05) is 31.3 Å². The summed E-state index contributed by atoms with van der Waals surface area (Å²) < 4.78 is 13.4. The van der Waals surface area contributed by atoms with Crippen molar-refractivity contribution in [3.63, 3.8) is 0 Å². The molecule has 8 nitrogen and oxygen atoms in total. The van der Waals surface area contributed by atoms with Gasteiger partial charge in [-0.2, -0.15) is 0 Å². The van der Waals surface area contributed by atoms with Crippen LogP contribution in [0, 0.1) is 17.3 Å². The number of aromatic nitrogens is 5. The fraction of sp³-hybridized carbons (Fsp3) is 0.360. The molecule has 1 saturated heterocycles. The molecule has 0 saturated carbocycles. The van der Waals surface area contributed by atoms with Crippen molar-refractivity contribution < 1.29 is 9.47 Å². The fourth-order valence-electron chi connectivity index (χ4n) is 4.50. The average Bonchev–Trinajstić information content (AvgIpc) is 3.06. The number of pyridine rings is 2. The molecule has 0 aliphatic carbocycles. The molecule has 1 aromatic carbocycles. The van der Waals surface area contributed by atoms with Gasteiger partial charge in [-0.15, -0.1) is 5.10 Å². The van der Waals surface area contributed by atoms with Gasteiger partial charge in [0.05, 0.1) is 36.5 Å². The maximum absolute atomic E-state index is 6.24. The summed E-state index contributed by atoms with van der Waals surface area (Å²) in [5.74, 6) is 8.49. The third-order valence-electron chi connectivity index (χ3n) is 6.55. The van der Waals surface area contributed by atoms with Crippen LogP contribution in [0.4, 0.5) is 11.5 Å². The highest BCUT2D eigenvalue weighted by atomic mass is 16.5. The lowest BCUT2D eigenvalue weighted by molar-refractivity contribution is -0.0775. The Kier molecular flexibility index (Phi) is 4.66. The molecular weight excluding hydrogens is 416 g/mol. The predicted octanol–water partition coefficient (Wildman–Crippen LogP) is 3.61. The number of rotatable bonds is 2. The monoisotopic (exact) mass is 440 g/mol. The molecular formula is C25H24N6O2. The quantitative estimate of drug-likeness (QED) is 0.441. The number of fused-ring (bicyclic) bond motifs is 4. The van der Waals surface area contributed by atoms with Crippen LogP contribution in [0.15, 0.2) is 36.7 Å². The molecule has 5 heterocycles. The lowest BCUT2D eigenvalue weighted by Gasteiger charge is -2.35. The van der Waals surface area contributed by atoms with Crippen LogP contribution in [0.1, 0.15) is 25.3 Å². The van der Waals surface area contributed by atoms with Crippen molar-refractivity contribution in [1.82, 2.24) is 25.0 Å². The van der Waals surface area contributed by atoms with Gasteiger partial charge in [0.15, 0.2) is 5.75 Å². The number of para-hydroxylation sites is 1.